The van der Waals surface area contributed by atoms with Crippen molar-refractivity contribution in [2.45, 2.75) is 13.3 Å². The van der Waals surface area contributed by atoms with Gasteiger partial charge in [0.05, 0.1) is 4.47 Å². The minimum atomic E-state index is -0.301. The Hall–Kier alpha value is -2.05. The summed E-state index contributed by atoms with van der Waals surface area (Å²) in [6.07, 6.45) is 0.879. The SMILES string of the molecule is CCCNC(=O)c1ccc(NC(=O)COc2ccc(Cl)cc2Br)cc1. The van der Waals surface area contributed by atoms with Gasteiger partial charge in [0.1, 0.15) is 5.75 Å². The molecule has 0 aromatic heterocycles. The van der Waals surface area contributed by atoms with Gasteiger partial charge in [0.25, 0.3) is 11.8 Å². The second-order valence-electron chi connectivity index (χ2n) is 5.24. The summed E-state index contributed by atoms with van der Waals surface area (Å²) < 4.78 is 6.13. The van der Waals surface area contributed by atoms with Crippen molar-refractivity contribution in [2.75, 3.05) is 18.5 Å². The van der Waals surface area contributed by atoms with Crippen LogP contribution in [-0.2, 0) is 4.79 Å². The maximum Gasteiger partial charge on any atom is 0.262 e. The fraction of sp³-hybridized carbons (Fsp3) is 0.222. The van der Waals surface area contributed by atoms with E-state index in [-0.39, 0.29) is 18.4 Å². The van der Waals surface area contributed by atoms with Crippen molar-refractivity contribution < 1.29 is 14.3 Å². The Morgan fingerprint density at radius 3 is 2.52 bits per heavy atom. The molecule has 2 aromatic rings. The highest BCUT2D eigenvalue weighted by atomic mass is 79.9. The topological polar surface area (TPSA) is 67.4 Å². The third-order valence-electron chi connectivity index (χ3n) is 3.22. The molecule has 0 aliphatic carbocycles. The minimum absolute atomic E-state index is 0.129. The van der Waals surface area contributed by atoms with Gasteiger partial charge in [-0.3, -0.25) is 9.59 Å². The summed E-state index contributed by atoms with van der Waals surface area (Å²) in [5.41, 5.74) is 1.14. The van der Waals surface area contributed by atoms with Gasteiger partial charge in [0, 0.05) is 22.8 Å². The Labute approximate surface area is 159 Å². The van der Waals surface area contributed by atoms with Crippen molar-refractivity contribution in [3.05, 3.63) is 57.5 Å². The van der Waals surface area contributed by atoms with E-state index in [0.717, 1.165) is 6.42 Å². The third-order valence-corrected chi connectivity index (χ3v) is 4.07. The fourth-order valence-electron chi connectivity index (χ4n) is 1.98. The summed E-state index contributed by atoms with van der Waals surface area (Å²) in [5.74, 6) is 0.100. The molecule has 2 amide bonds. The number of carbonyl (C=O) groups is 2. The van der Waals surface area contributed by atoms with Crippen molar-refractivity contribution in [1.29, 1.82) is 0 Å². The van der Waals surface area contributed by atoms with Crippen LogP contribution in [0.25, 0.3) is 0 Å². The maximum atomic E-state index is 12.0. The summed E-state index contributed by atoms with van der Waals surface area (Å²) >= 11 is 9.18. The molecule has 0 radical (unpaired) electrons. The van der Waals surface area contributed by atoms with Crippen molar-refractivity contribution >= 4 is 45.0 Å². The zero-order chi connectivity index (χ0) is 18.2. The summed E-state index contributed by atoms with van der Waals surface area (Å²) in [7, 11) is 0. The maximum absolute atomic E-state index is 12.0. The normalized spacial score (nSPS) is 10.2. The van der Waals surface area contributed by atoms with E-state index < -0.39 is 0 Å². The number of carbonyl (C=O) groups excluding carboxylic acids is 2. The number of rotatable bonds is 7. The molecule has 5 nitrogen and oxygen atoms in total. The van der Waals surface area contributed by atoms with Crippen LogP contribution in [0.5, 0.6) is 5.75 Å². The lowest BCUT2D eigenvalue weighted by Crippen LogP contribution is -2.24. The number of nitrogens with one attached hydrogen (secondary N) is 2. The average molecular weight is 426 g/mol. The van der Waals surface area contributed by atoms with Gasteiger partial charge in [-0.05, 0) is 64.8 Å². The number of hydrogen-bond acceptors (Lipinski definition) is 3. The molecule has 0 saturated heterocycles. The van der Waals surface area contributed by atoms with Crippen molar-refractivity contribution in [3.63, 3.8) is 0 Å². The molecule has 0 unspecified atom stereocenters. The number of benzene rings is 2. The first-order valence-corrected chi connectivity index (χ1v) is 8.92. The third kappa shape index (κ3) is 6.07. The first kappa shape index (κ1) is 19.3. The van der Waals surface area contributed by atoms with E-state index in [1.165, 1.54) is 0 Å². The number of ether oxygens (including phenoxy) is 1. The second-order valence-corrected chi connectivity index (χ2v) is 6.54. The number of amides is 2. The Morgan fingerprint density at radius 2 is 1.88 bits per heavy atom. The van der Waals surface area contributed by atoms with Crippen LogP contribution in [0.15, 0.2) is 46.9 Å². The van der Waals surface area contributed by atoms with Gasteiger partial charge >= 0.3 is 0 Å². The summed E-state index contributed by atoms with van der Waals surface area (Å²) in [6.45, 7) is 2.48. The van der Waals surface area contributed by atoms with E-state index in [0.29, 0.717) is 33.0 Å². The summed E-state index contributed by atoms with van der Waals surface area (Å²) in [5, 5.41) is 6.09. The van der Waals surface area contributed by atoms with E-state index >= 15 is 0 Å². The van der Waals surface area contributed by atoms with Crippen LogP contribution < -0.4 is 15.4 Å². The Kier molecular flexibility index (Phi) is 7.28. The quantitative estimate of drug-likeness (QED) is 0.696. The van der Waals surface area contributed by atoms with Crippen LogP contribution in [0.1, 0.15) is 23.7 Å². The van der Waals surface area contributed by atoms with Gasteiger partial charge in [0.15, 0.2) is 6.61 Å². The van der Waals surface area contributed by atoms with E-state index in [1.54, 1.807) is 42.5 Å². The van der Waals surface area contributed by atoms with Crippen LogP contribution in [-0.4, -0.2) is 25.0 Å². The minimum Gasteiger partial charge on any atom is -0.483 e. The van der Waals surface area contributed by atoms with Gasteiger partial charge in [-0.2, -0.15) is 0 Å². The Bertz CT molecular complexity index is 750. The van der Waals surface area contributed by atoms with Crippen LogP contribution in [0.2, 0.25) is 5.02 Å². The lowest BCUT2D eigenvalue weighted by atomic mass is 10.2. The average Bonchev–Trinajstić information content (AvgIpc) is 2.59. The molecule has 0 bridgehead atoms. The van der Waals surface area contributed by atoms with E-state index in [2.05, 4.69) is 26.6 Å². The lowest BCUT2D eigenvalue weighted by molar-refractivity contribution is -0.118. The molecule has 2 N–H and O–H groups in total. The summed E-state index contributed by atoms with van der Waals surface area (Å²) in [6, 6.07) is 11.7. The highest BCUT2D eigenvalue weighted by Crippen LogP contribution is 2.27. The zero-order valence-electron chi connectivity index (χ0n) is 13.6. The summed E-state index contributed by atoms with van der Waals surface area (Å²) in [4.78, 5) is 23.8. The number of anilines is 1. The van der Waals surface area contributed by atoms with Crippen molar-refractivity contribution in [2.24, 2.45) is 0 Å². The van der Waals surface area contributed by atoms with E-state index in [9.17, 15) is 9.59 Å². The monoisotopic (exact) mass is 424 g/mol. The van der Waals surface area contributed by atoms with Gasteiger partial charge in [-0.25, -0.2) is 0 Å². The number of hydrogen-bond donors (Lipinski definition) is 2. The van der Waals surface area contributed by atoms with Crippen LogP contribution >= 0.6 is 27.5 Å². The molecule has 0 atom stereocenters. The van der Waals surface area contributed by atoms with Gasteiger partial charge in [0.2, 0.25) is 0 Å². The van der Waals surface area contributed by atoms with Crippen LogP contribution in [0.4, 0.5) is 5.69 Å². The molecule has 0 saturated carbocycles. The molecule has 0 aliphatic heterocycles. The lowest BCUT2D eigenvalue weighted by Gasteiger charge is -2.10. The highest BCUT2D eigenvalue weighted by Gasteiger charge is 2.08. The highest BCUT2D eigenvalue weighted by molar-refractivity contribution is 9.10. The predicted octanol–water partition coefficient (Wildman–Crippen LogP) is 4.26. The van der Waals surface area contributed by atoms with Crippen LogP contribution in [0, 0.1) is 0 Å². The Morgan fingerprint density at radius 1 is 1.16 bits per heavy atom. The zero-order valence-corrected chi connectivity index (χ0v) is 16.0. The van der Waals surface area contributed by atoms with Gasteiger partial charge in [-0.1, -0.05) is 18.5 Å². The molecule has 2 aromatic carbocycles. The van der Waals surface area contributed by atoms with Crippen LogP contribution in [0.3, 0.4) is 0 Å². The van der Waals surface area contributed by atoms with Gasteiger partial charge in [-0.15, -0.1) is 0 Å². The van der Waals surface area contributed by atoms with E-state index in [4.69, 9.17) is 16.3 Å². The fourth-order valence-corrected chi connectivity index (χ4v) is 2.78. The Balaban J connectivity index is 1.87. The second kappa shape index (κ2) is 9.44. The van der Waals surface area contributed by atoms with E-state index in [1.807, 2.05) is 6.92 Å². The standard InChI is InChI=1S/C18H18BrClN2O3/c1-2-9-21-18(24)12-3-6-14(7-4-12)22-17(23)11-25-16-8-5-13(20)10-15(16)19/h3-8,10H,2,9,11H2,1H3,(H,21,24)(H,22,23). The van der Waals surface area contributed by atoms with Crippen molar-refractivity contribution in [3.8, 4) is 5.75 Å². The first-order chi connectivity index (χ1) is 12.0. The largest absolute Gasteiger partial charge is 0.483 e. The smallest absolute Gasteiger partial charge is 0.262 e. The molecule has 7 heteroatoms. The molecule has 25 heavy (non-hydrogen) atoms. The molecule has 0 spiro atoms. The molecule has 132 valence electrons. The molecule has 0 aliphatic rings. The molecular weight excluding hydrogens is 408 g/mol. The van der Waals surface area contributed by atoms with Gasteiger partial charge < -0.3 is 15.4 Å². The first-order valence-electron chi connectivity index (χ1n) is 7.75. The predicted molar refractivity (Wildman–Crippen MR) is 102 cm³/mol. The number of halogens is 2. The molecule has 0 heterocycles. The molecule has 2 rings (SSSR count). The molecule has 0 fully saturated rings. The van der Waals surface area contributed by atoms with Crippen molar-refractivity contribution in [1.82, 2.24) is 5.32 Å². The molecular formula is C18H18BrClN2O3.